The number of amides is 1. The number of hydrogen-bond donors (Lipinski definition) is 1. The molecule has 1 aliphatic rings. The maximum Gasteiger partial charge on any atom is 0.241 e. The topological polar surface area (TPSA) is 69.7 Å². The second-order valence-corrected chi connectivity index (χ2v) is 10.3. The van der Waals surface area contributed by atoms with Gasteiger partial charge in [-0.2, -0.15) is 0 Å². The number of carbonyl (C=O) groups is 1. The van der Waals surface area contributed by atoms with E-state index in [1.54, 1.807) is 0 Å². The average Bonchev–Trinajstić information content (AvgIpc) is 3.17. The Labute approximate surface area is 187 Å². The highest BCUT2D eigenvalue weighted by Gasteiger charge is 2.21. The van der Waals surface area contributed by atoms with Crippen LogP contribution in [0.2, 0.25) is 10.0 Å². The third-order valence-corrected chi connectivity index (χ3v) is 6.52. The molecule has 162 valence electrons. The minimum absolute atomic E-state index is 0.247. The number of benzene rings is 2. The van der Waals surface area contributed by atoms with Gasteiger partial charge in [-0.05, 0) is 55.3 Å². The molecular formula is C21H25Cl2N3O3S. The predicted molar refractivity (Wildman–Crippen MR) is 121 cm³/mol. The fourth-order valence-electron chi connectivity index (χ4n) is 3.43. The van der Waals surface area contributed by atoms with Crippen molar-refractivity contribution in [2.24, 2.45) is 0 Å². The summed E-state index contributed by atoms with van der Waals surface area (Å²) in [6, 6.07) is 12.5. The van der Waals surface area contributed by atoms with E-state index >= 15 is 0 Å². The van der Waals surface area contributed by atoms with Crippen molar-refractivity contribution in [3.05, 3.63) is 63.6 Å². The lowest BCUT2D eigenvalue weighted by molar-refractivity contribution is -0.119. The summed E-state index contributed by atoms with van der Waals surface area (Å²) in [5.41, 5.74) is 2.44. The normalized spacial score (nSPS) is 14.6. The molecule has 1 heterocycles. The van der Waals surface area contributed by atoms with Crippen molar-refractivity contribution >= 4 is 44.8 Å². The number of carbonyl (C=O) groups excluding carboxylic acids is 1. The zero-order valence-electron chi connectivity index (χ0n) is 16.8. The van der Waals surface area contributed by atoms with Gasteiger partial charge in [0.15, 0.2) is 0 Å². The van der Waals surface area contributed by atoms with Crippen LogP contribution in [-0.2, 0) is 27.9 Å². The number of halogens is 2. The first-order valence-corrected chi connectivity index (χ1v) is 12.3. The highest BCUT2D eigenvalue weighted by Crippen LogP contribution is 2.26. The fourth-order valence-corrected chi connectivity index (χ4v) is 4.79. The Morgan fingerprint density at radius 3 is 2.17 bits per heavy atom. The van der Waals surface area contributed by atoms with Gasteiger partial charge in [-0.1, -0.05) is 47.5 Å². The smallest absolute Gasteiger partial charge is 0.241 e. The highest BCUT2D eigenvalue weighted by molar-refractivity contribution is 7.92. The lowest BCUT2D eigenvalue weighted by Gasteiger charge is -2.22. The Kier molecular flexibility index (Phi) is 7.63. The molecule has 1 aliphatic heterocycles. The Hall–Kier alpha value is -1.80. The van der Waals surface area contributed by atoms with Gasteiger partial charge in [-0.15, -0.1) is 0 Å². The van der Waals surface area contributed by atoms with Crippen LogP contribution in [0.15, 0.2) is 42.5 Å². The van der Waals surface area contributed by atoms with Gasteiger partial charge < -0.3 is 5.32 Å². The van der Waals surface area contributed by atoms with Gasteiger partial charge >= 0.3 is 0 Å². The Balaban J connectivity index is 1.59. The highest BCUT2D eigenvalue weighted by atomic mass is 35.5. The first-order chi connectivity index (χ1) is 14.2. The molecule has 0 aliphatic carbocycles. The first-order valence-electron chi connectivity index (χ1n) is 9.71. The van der Waals surface area contributed by atoms with Gasteiger partial charge in [-0.25, -0.2) is 8.42 Å². The number of nitrogens with one attached hydrogen (secondary N) is 1. The summed E-state index contributed by atoms with van der Waals surface area (Å²) < 4.78 is 25.4. The van der Waals surface area contributed by atoms with Crippen molar-refractivity contribution in [1.82, 2.24) is 10.2 Å². The molecular weight excluding hydrogens is 445 g/mol. The molecule has 0 atom stereocenters. The molecule has 1 N–H and O–H groups in total. The zero-order chi connectivity index (χ0) is 21.7. The SMILES string of the molecule is CS(=O)(=O)N(CC(=O)NCc1ccc(CN2CCCC2)cc1)c1cc(Cl)cc(Cl)c1. The van der Waals surface area contributed by atoms with E-state index < -0.39 is 15.9 Å². The van der Waals surface area contributed by atoms with Gasteiger partial charge in [0.1, 0.15) is 6.54 Å². The molecule has 3 rings (SSSR count). The first kappa shape index (κ1) is 22.9. The van der Waals surface area contributed by atoms with Gasteiger partial charge in [0.2, 0.25) is 15.9 Å². The number of hydrogen-bond acceptors (Lipinski definition) is 4. The largest absolute Gasteiger partial charge is 0.350 e. The minimum Gasteiger partial charge on any atom is -0.350 e. The van der Waals surface area contributed by atoms with Crippen LogP contribution in [-0.4, -0.2) is 45.1 Å². The van der Waals surface area contributed by atoms with Crippen molar-refractivity contribution in [1.29, 1.82) is 0 Å². The van der Waals surface area contributed by atoms with Crippen molar-refractivity contribution in [3.63, 3.8) is 0 Å². The Morgan fingerprint density at radius 2 is 1.60 bits per heavy atom. The summed E-state index contributed by atoms with van der Waals surface area (Å²) in [5.74, 6) is -0.419. The monoisotopic (exact) mass is 469 g/mol. The summed E-state index contributed by atoms with van der Waals surface area (Å²) in [5, 5.41) is 3.36. The van der Waals surface area contributed by atoms with Gasteiger partial charge in [0, 0.05) is 23.1 Å². The summed E-state index contributed by atoms with van der Waals surface area (Å²) >= 11 is 12.0. The quantitative estimate of drug-likeness (QED) is 0.639. The molecule has 30 heavy (non-hydrogen) atoms. The molecule has 1 fully saturated rings. The van der Waals surface area contributed by atoms with Crippen LogP contribution in [0.25, 0.3) is 0 Å². The van der Waals surface area contributed by atoms with E-state index in [4.69, 9.17) is 23.2 Å². The molecule has 1 amide bonds. The number of sulfonamides is 1. The third-order valence-electron chi connectivity index (χ3n) is 4.94. The summed E-state index contributed by atoms with van der Waals surface area (Å²) in [7, 11) is -3.70. The molecule has 2 aromatic rings. The number of anilines is 1. The Bertz CT molecular complexity index is 971. The average molecular weight is 470 g/mol. The second kappa shape index (κ2) is 10.0. The van der Waals surface area contributed by atoms with Crippen LogP contribution in [0.5, 0.6) is 0 Å². The van der Waals surface area contributed by atoms with Crippen molar-refractivity contribution in [3.8, 4) is 0 Å². The van der Waals surface area contributed by atoms with Gasteiger partial charge in [0.25, 0.3) is 0 Å². The third kappa shape index (κ3) is 6.60. The summed E-state index contributed by atoms with van der Waals surface area (Å²) in [6.45, 7) is 3.19. The maximum atomic E-state index is 12.4. The van der Waals surface area contributed by atoms with E-state index in [1.807, 2.05) is 12.1 Å². The fraction of sp³-hybridized carbons (Fsp3) is 0.381. The van der Waals surface area contributed by atoms with Crippen LogP contribution in [0, 0.1) is 0 Å². The van der Waals surface area contributed by atoms with E-state index in [0.29, 0.717) is 16.6 Å². The number of rotatable bonds is 8. The molecule has 6 nitrogen and oxygen atoms in total. The number of likely N-dealkylation sites (tertiary alicyclic amines) is 1. The molecule has 0 radical (unpaired) electrons. The van der Waals surface area contributed by atoms with Crippen LogP contribution < -0.4 is 9.62 Å². The summed E-state index contributed by atoms with van der Waals surface area (Å²) in [6.07, 6.45) is 3.56. The van der Waals surface area contributed by atoms with Crippen LogP contribution >= 0.6 is 23.2 Å². The molecule has 0 bridgehead atoms. The predicted octanol–water partition coefficient (Wildman–Crippen LogP) is 3.67. The zero-order valence-corrected chi connectivity index (χ0v) is 19.1. The van der Waals surface area contributed by atoms with Crippen molar-refractivity contribution < 1.29 is 13.2 Å². The molecule has 0 aromatic heterocycles. The van der Waals surface area contributed by atoms with E-state index in [2.05, 4.69) is 22.3 Å². The maximum absolute atomic E-state index is 12.4. The molecule has 1 saturated heterocycles. The lowest BCUT2D eigenvalue weighted by atomic mass is 10.1. The standard InChI is InChI=1S/C21H25Cl2N3O3S/c1-30(28,29)26(20-11-18(22)10-19(23)12-20)15-21(27)24-13-16-4-6-17(7-5-16)14-25-8-2-3-9-25/h4-7,10-12H,2-3,8-9,13-15H2,1H3,(H,24,27). The molecule has 0 unspecified atom stereocenters. The van der Waals surface area contributed by atoms with Gasteiger partial charge in [-0.3, -0.25) is 14.0 Å². The van der Waals surface area contributed by atoms with E-state index in [-0.39, 0.29) is 12.2 Å². The van der Waals surface area contributed by atoms with Gasteiger partial charge in [0.05, 0.1) is 11.9 Å². The number of nitrogens with zero attached hydrogens (tertiary/aromatic N) is 2. The molecule has 0 spiro atoms. The minimum atomic E-state index is -3.70. The molecule has 0 saturated carbocycles. The van der Waals surface area contributed by atoms with E-state index in [9.17, 15) is 13.2 Å². The van der Waals surface area contributed by atoms with E-state index in [1.165, 1.54) is 36.6 Å². The van der Waals surface area contributed by atoms with Crippen LogP contribution in [0.1, 0.15) is 24.0 Å². The van der Waals surface area contributed by atoms with E-state index in [0.717, 1.165) is 35.8 Å². The van der Waals surface area contributed by atoms with Crippen molar-refractivity contribution in [2.75, 3.05) is 30.2 Å². The van der Waals surface area contributed by atoms with Crippen LogP contribution in [0.4, 0.5) is 5.69 Å². The molecule has 9 heteroatoms. The molecule has 2 aromatic carbocycles. The lowest BCUT2D eigenvalue weighted by Crippen LogP contribution is -2.40. The second-order valence-electron chi connectivity index (χ2n) is 7.47. The Morgan fingerprint density at radius 1 is 1.03 bits per heavy atom. The van der Waals surface area contributed by atoms with Crippen LogP contribution in [0.3, 0.4) is 0 Å². The van der Waals surface area contributed by atoms with Crippen molar-refractivity contribution in [2.45, 2.75) is 25.9 Å². The summed E-state index contributed by atoms with van der Waals surface area (Å²) in [4.78, 5) is 14.9.